The molecule has 448 valence electrons. The summed E-state index contributed by atoms with van der Waals surface area (Å²) in [5.41, 5.74) is 12.5. The van der Waals surface area contributed by atoms with Gasteiger partial charge in [-0.2, -0.15) is 0 Å². The Hall–Kier alpha value is -9.24. The number of aromatic amines is 4. The number of rotatable bonds is 27. The van der Waals surface area contributed by atoms with E-state index in [1.54, 1.807) is 80.2 Å². The standard InChI is InChI=1S/C64H78N12O9/c1-33(2)53(60(80)70-50(26-38-30-67-47-22-14-10-18-42(38)47)58(78)72-52(64(84)85)28-40-32-69-49-24-16-12-20-44(40)49)74-59(79)51(27-39-31-68-48-23-15-11-19-43(39)48)71-61(81)54(34(3)4)75-63(83)56(36(7)8)76-62(82)55(35(5)6)73-57(77)45(65)25-37-29-66-46-21-13-9-17-41(37)46/h9-24,29-36,45,50-56,66-69H,25-28,65H2,1-8H3,(H,70,80)(H,71,81)(H,72,78)(H,73,77)(H,74,79)(H,75,83)(H,76,82)(H,84,85)/t45-,50-,51-,52-,53-,54-,55-,56-/m0/s1. The number of carboxylic acids is 1. The SMILES string of the molecule is CC(C)[C@H](NC(=O)[C@H](Cc1c[nH]c2ccccc12)NC(=O)[C@@H](NC(=O)[C@@H](NC(=O)[C@@H](NC(=O)[C@@H](N)Cc1c[nH]c2ccccc12)C(C)C)C(C)C)C(C)C)C(=O)N[C@@H](Cc1c[nH]c2ccccc12)C(=O)N[C@@H](Cc1c[nH]c2ccccc12)C(=O)O. The average molecular weight is 1160 g/mol. The Bertz CT molecular complexity index is 3700. The van der Waals surface area contributed by atoms with Crippen LogP contribution in [0.3, 0.4) is 0 Å². The Morgan fingerprint density at radius 1 is 0.353 bits per heavy atom. The van der Waals surface area contributed by atoms with Crippen LogP contribution in [0.5, 0.6) is 0 Å². The van der Waals surface area contributed by atoms with E-state index in [4.69, 9.17) is 5.73 Å². The Balaban J connectivity index is 0.989. The number of nitrogens with two attached hydrogens (primary N) is 1. The van der Waals surface area contributed by atoms with Crippen LogP contribution in [0.4, 0.5) is 0 Å². The molecule has 0 bridgehead atoms. The van der Waals surface area contributed by atoms with Crippen LogP contribution in [0, 0.1) is 23.7 Å². The van der Waals surface area contributed by atoms with Crippen molar-refractivity contribution in [3.8, 4) is 0 Å². The highest BCUT2D eigenvalue weighted by Gasteiger charge is 2.38. The van der Waals surface area contributed by atoms with Gasteiger partial charge in [0.15, 0.2) is 0 Å². The number of hydrogen-bond acceptors (Lipinski definition) is 9. The molecule has 4 heterocycles. The summed E-state index contributed by atoms with van der Waals surface area (Å²) in [6.45, 7) is 13.8. The highest BCUT2D eigenvalue weighted by molar-refractivity contribution is 5.99. The molecule has 4 aromatic carbocycles. The van der Waals surface area contributed by atoms with Crippen molar-refractivity contribution < 1.29 is 43.5 Å². The molecular formula is C64H78N12O9. The van der Waals surface area contributed by atoms with Crippen LogP contribution in [-0.4, -0.2) is 121 Å². The van der Waals surface area contributed by atoms with Gasteiger partial charge in [-0.1, -0.05) is 128 Å². The van der Waals surface area contributed by atoms with Gasteiger partial charge in [-0.15, -0.1) is 0 Å². The van der Waals surface area contributed by atoms with Crippen molar-refractivity contribution in [3.63, 3.8) is 0 Å². The molecule has 7 amide bonds. The van der Waals surface area contributed by atoms with Crippen LogP contribution >= 0.6 is 0 Å². The van der Waals surface area contributed by atoms with E-state index >= 15 is 0 Å². The summed E-state index contributed by atoms with van der Waals surface area (Å²) in [6, 6.07) is 20.0. The van der Waals surface area contributed by atoms with E-state index in [0.29, 0.717) is 16.7 Å². The average Bonchev–Trinajstić information content (AvgIpc) is 4.28. The first-order valence-electron chi connectivity index (χ1n) is 28.9. The summed E-state index contributed by atoms with van der Waals surface area (Å²) in [5.74, 6) is -8.19. The molecule has 14 N–H and O–H groups in total. The molecule has 0 radical (unpaired) electrons. The van der Waals surface area contributed by atoms with Gasteiger partial charge in [-0.3, -0.25) is 33.6 Å². The second-order valence-corrected chi connectivity index (χ2v) is 23.3. The van der Waals surface area contributed by atoms with Crippen LogP contribution in [0.1, 0.15) is 77.6 Å². The molecule has 8 atom stereocenters. The smallest absolute Gasteiger partial charge is 0.326 e. The first-order valence-corrected chi connectivity index (χ1v) is 28.9. The molecule has 8 aromatic rings. The number of fused-ring (bicyclic) bond motifs is 4. The molecule has 0 fully saturated rings. The van der Waals surface area contributed by atoms with Crippen molar-refractivity contribution in [2.24, 2.45) is 29.4 Å². The zero-order valence-electron chi connectivity index (χ0n) is 49.1. The maximum atomic E-state index is 14.9. The molecule has 85 heavy (non-hydrogen) atoms. The van der Waals surface area contributed by atoms with E-state index in [0.717, 1.165) is 49.2 Å². The molecular weight excluding hydrogens is 1080 g/mol. The third kappa shape index (κ3) is 14.9. The van der Waals surface area contributed by atoms with Crippen molar-refractivity contribution in [3.05, 3.63) is 144 Å². The molecule has 21 heteroatoms. The number of para-hydroxylation sites is 4. The van der Waals surface area contributed by atoms with Gasteiger partial charge in [0.1, 0.15) is 42.3 Å². The molecule has 4 aromatic heterocycles. The van der Waals surface area contributed by atoms with E-state index < -0.39 is 119 Å². The number of carbonyl (C=O) groups excluding carboxylic acids is 7. The first-order chi connectivity index (χ1) is 40.6. The highest BCUT2D eigenvalue weighted by Crippen LogP contribution is 2.24. The van der Waals surface area contributed by atoms with Gasteiger partial charge in [0.2, 0.25) is 41.4 Å². The summed E-state index contributed by atoms with van der Waals surface area (Å²) in [4.78, 5) is 126. The zero-order valence-corrected chi connectivity index (χ0v) is 49.1. The van der Waals surface area contributed by atoms with Gasteiger partial charge in [0.05, 0.1) is 6.04 Å². The number of benzene rings is 4. The minimum Gasteiger partial charge on any atom is -0.480 e. The van der Waals surface area contributed by atoms with Crippen LogP contribution in [0.2, 0.25) is 0 Å². The predicted octanol–water partition coefficient (Wildman–Crippen LogP) is 5.31. The fourth-order valence-electron chi connectivity index (χ4n) is 10.7. The van der Waals surface area contributed by atoms with E-state index in [1.807, 2.05) is 97.1 Å². The zero-order chi connectivity index (χ0) is 61.2. The van der Waals surface area contributed by atoms with Gasteiger partial charge < -0.3 is 68.0 Å². The number of H-pyrrole nitrogens is 4. The van der Waals surface area contributed by atoms with Crippen molar-refractivity contribution in [2.75, 3.05) is 0 Å². The Morgan fingerprint density at radius 2 is 0.600 bits per heavy atom. The van der Waals surface area contributed by atoms with Crippen LogP contribution in [0.15, 0.2) is 122 Å². The summed E-state index contributed by atoms with van der Waals surface area (Å²) in [7, 11) is 0. The van der Waals surface area contributed by atoms with Gasteiger partial charge >= 0.3 is 5.97 Å². The molecule has 0 aliphatic heterocycles. The van der Waals surface area contributed by atoms with E-state index in [1.165, 1.54) is 0 Å². The monoisotopic (exact) mass is 1160 g/mol. The van der Waals surface area contributed by atoms with Crippen molar-refractivity contribution >= 4 is 90.9 Å². The Morgan fingerprint density at radius 3 is 0.918 bits per heavy atom. The molecule has 8 rings (SSSR count). The lowest BCUT2D eigenvalue weighted by molar-refractivity contribution is -0.142. The van der Waals surface area contributed by atoms with Crippen LogP contribution in [0.25, 0.3) is 43.6 Å². The third-order valence-electron chi connectivity index (χ3n) is 15.6. The lowest BCUT2D eigenvalue weighted by Crippen LogP contribution is -2.62. The number of nitrogens with one attached hydrogen (secondary N) is 11. The lowest BCUT2D eigenvalue weighted by atomic mass is 9.97. The summed E-state index contributed by atoms with van der Waals surface area (Å²) in [6.07, 6.45) is 6.97. The molecule has 0 aliphatic carbocycles. The first kappa shape index (κ1) is 61.8. The van der Waals surface area contributed by atoms with Crippen molar-refractivity contribution in [1.29, 1.82) is 0 Å². The normalized spacial score (nSPS) is 14.6. The molecule has 0 aliphatic rings. The maximum Gasteiger partial charge on any atom is 0.326 e. The number of carbonyl (C=O) groups is 8. The van der Waals surface area contributed by atoms with Gasteiger partial charge in [0.25, 0.3) is 0 Å². The van der Waals surface area contributed by atoms with Crippen molar-refractivity contribution in [1.82, 2.24) is 57.2 Å². The Labute approximate surface area is 492 Å². The minimum atomic E-state index is -1.39. The Kier molecular flexibility index (Phi) is 20.0. The molecule has 0 saturated carbocycles. The van der Waals surface area contributed by atoms with E-state index in [9.17, 15) is 43.5 Å². The highest BCUT2D eigenvalue weighted by atomic mass is 16.4. The number of carboxylic acid groups (broad SMARTS) is 1. The second kappa shape index (κ2) is 27.4. The maximum absolute atomic E-state index is 14.9. The second-order valence-electron chi connectivity index (χ2n) is 23.3. The fourth-order valence-corrected chi connectivity index (χ4v) is 10.7. The fraction of sp³-hybridized carbons (Fsp3) is 0.375. The number of aliphatic carboxylic acids is 1. The quantitative estimate of drug-likeness (QED) is 0.0315. The molecule has 0 unspecified atom stereocenters. The molecule has 21 nitrogen and oxygen atoms in total. The lowest BCUT2D eigenvalue weighted by Gasteiger charge is -2.31. The van der Waals surface area contributed by atoms with E-state index in [2.05, 4.69) is 57.2 Å². The molecule has 0 spiro atoms. The summed E-state index contributed by atoms with van der Waals surface area (Å²) < 4.78 is 0. The number of amides is 7. The van der Waals surface area contributed by atoms with E-state index in [-0.39, 0.29) is 25.7 Å². The van der Waals surface area contributed by atoms with Gasteiger partial charge in [-0.05, 0) is 76.6 Å². The largest absolute Gasteiger partial charge is 0.480 e. The van der Waals surface area contributed by atoms with Crippen molar-refractivity contribution in [2.45, 2.75) is 129 Å². The van der Waals surface area contributed by atoms with Gasteiger partial charge in [0, 0.05) is 87.7 Å². The predicted molar refractivity (Wildman–Crippen MR) is 326 cm³/mol. The third-order valence-corrected chi connectivity index (χ3v) is 15.6. The van der Waals surface area contributed by atoms with Crippen LogP contribution in [-0.2, 0) is 64.0 Å². The number of aromatic nitrogens is 4. The summed E-state index contributed by atoms with van der Waals surface area (Å²) >= 11 is 0. The van der Waals surface area contributed by atoms with Crippen LogP contribution < -0.4 is 43.0 Å². The topological polar surface area (TPSA) is 330 Å². The minimum absolute atomic E-state index is 0.0562. The van der Waals surface area contributed by atoms with Gasteiger partial charge in [-0.25, -0.2) is 4.79 Å². The molecule has 0 saturated heterocycles. The number of hydrogen-bond donors (Lipinski definition) is 13. The summed E-state index contributed by atoms with van der Waals surface area (Å²) in [5, 5.41) is 33.4.